The van der Waals surface area contributed by atoms with Crippen LogP contribution in [-0.2, 0) is 14.8 Å². The number of benzene rings is 3. The monoisotopic (exact) mass is 486 g/mol. The third-order valence-corrected chi connectivity index (χ3v) is 6.95. The zero-order chi connectivity index (χ0) is 24.6. The molecule has 2 heterocycles. The first-order chi connectivity index (χ1) is 16.8. The number of aromatic amines is 1. The maximum atomic E-state index is 12.6. The van der Waals surface area contributed by atoms with E-state index in [9.17, 15) is 23.3 Å². The number of amides is 1. The Balaban J connectivity index is 1.35. The van der Waals surface area contributed by atoms with Gasteiger partial charge in [0.15, 0.2) is 0 Å². The average Bonchev–Trinajstić information content (AvgIpc) is 3.47. The van der Waals surface area contributed by atoms with Crippen molar-refractivity contribution in [1.82, 2.24) is 4.98 Å². The maximum Gasteiger partial charge on any atom is 0.269 e. The lowest BCUT2D eigenvalue weighted by Gasteiger charge is -2.10. The minimum Gasteiger partial charge on any atom is -0.362 e. The van der Waals surface area contributed by atoms with Gasteiger partial charge >= 0.3 is 0 Å². The van der Waals surface area contributed by atoms with Crippen molar-refractivity contribution in [3.05, 3.63) is 106 Å². The summed E-state index contributed by atoms with van der Waals surface area (Å²) in [4.78, 5) is 25.6. The van der Waals surface area contributed by atoms with Gasteiger partial charge in [0, 0.05) is 41.0 Å². The number of hydrogen-bond donors (Lipinski definition) is 3. The normalized spacial score (nSPS) is 13.9. The molecule has 0 atom stereocenters. The number of fused-ring (bicyclic) bond motifs is 1. The van der Waals surface area contributed by atoms with E-state index in [1.54, 1.807) is 36.5 Å². The lowest BCUT2D eigenvalue weighted by atomic mass is 10.00. The molecule has 1 amide bonds. The summed E-state index contributed by atoms with van der Waals surface area (Å²) in [6.07, 6.45) is 3.59. The summed E-state index contributed by atoms with van der Waals surface area (Å²) in [5, 5.41) is 13.7. The molecule has 4 aromatic rings. The SMILES string of the molecule is O=C1Nc2cc(-c3ccc(NS(=O)(=O)c4ccc([N+](=O)[O-])cc4)cc3)ccc2/C1=C/c1ccc[nH]1. The molecule has 0 saturated heterocycles. The number of nitrogens with one attached hydrogen (secondary N) is 3. The maximum absolute atomic E-state index is 12.6. The van der Waals surface area contributed by atoms with Crippen molar-refractivity contribution in [3.8, 4) is 11.1 Å². The molecule has 10 heteroatoms. The average molecular weight is 487 g/mol. The highest BCUT2D eigenvalue weighted by Crippen LogP contribution is 2.36. The van der Waals surface area contributed by atoms with Gasteiger partial charge in [-0.3, -0.25) is 19.6 Å². The quantitative estimate of drug-likeness (QED) is 0.203. The second kappa shape index (κ2) is 8.58. The Morgan fingerprint density at radius 1 is 0.914 bits per heavy atom. The molecule has 0 radical (unpaired) electrons. The van der Waals surface area contributed by atoms with Gasteiger partial charge in [0.25, 0.3) is 21.6 Å². The minimum absolute atomic E-state index is 0.0789. The number of rotatable bonds is 6. The molecule has 0 unspecified atom stereocenters. The third-order valence-electron chi connectivity index (χ3n) is 5.55. The molecule has 1 aliphatic heterocycles. The third kappa shape index (κ3) is 4.42. The second-order valence-corrected chi connectivity index (χ2v) is 9.51. The van der Waals surface area contributed by atoms with Gasteiger partial charge in [0.1, 0.15) is 0 Å². The van der Waals surface area contributed by atoms with Crippen LogP contribution in [0.3, 0.4) is 0 Å². The molecular weight excluding hydrogens is 468 g/mol. The number of nitrogens with zero attached hydrogens (tertiary/aromatic N) is 1. The summed E-state index contributed by atoms with van der Waals surface area (Å²) < 4.78 is 27.7. The number of aromatic nitrogens is 1. The van der Waals surface area contributed by atoms with Gasteiger partial charge in [-0.2, -0.15) is 0 Å². The number of H-pyrrole nitrogens is 1. The topological polar surface area (TPSA) is 134 Å². The summed E-state index contributed by atoms with van der Waals surface area (Å²) in [5.74, 6) is -0.178. The van der Waals surface area contributed by atoms with Gasteiger partial charge in [-0.1, -0.05) is 24.3 Å². The largest absolute Gasteiger partial charge is 0.362 e. The van der Waals surface area contributed by atoms with Crippen molar-refractivity contribution in [1.29, 1.82) is 0 Å². The second-order valence-electron chi connectivity index (χ2n) is 7.83. The number of hydrogen-bond acceptors (Lipinski definition) is 5. The number of anilines is 2. The van der Waals surface area contributed by atoms with Crippen LogP contribution < -0.4 is 10.0 Å². The van der Waals surface area contributed by atoms with E-state index in [4.69, 9.17) is 0 Å². The van der Waals surface area contributed by atoms with Crippen molar-refractivity contribution in [2.24, 2.45) is 0 Å². The Morgan fingerprint density at radius 2 is 1.63 bits per heavy atom. The molecule has 3 aromatic carbocycles. The van der Waals surface area contributed by atoms with Crippen LogP contribution >= 0.6 is 0 Å². The Kier molecular flexibility index (Phi) is 5.42. The smallest absolute Gasteiger partial charge is 0.269 e. The predicted molar refractivity (Wildman–Crippen MR) is 133 cm³/mol. The van der Waals surface area contributed by atoms with E-state index < -0.39 is 14.9 Å². The molecule has 9 nitrogen and oxygen atoms in total. The van der Waals surface area contributed by atoms with Crippen molar-refractivity contribution in [3.63, 3.8) is 0 Å². The zero-order valence-corrected chi connectivity index (χ0v) is 18.9. The van der Waals surface area contributed by atoms with Crippen LogP contribution in [0.15, 0.2) is 90.0 Å². The van der Waals surface area contributed by atoms with E-state index in [0.29, 0.717) is 16.9 Å². The van der Waals surface area contributed by atoms with E-state index in [0.717, 1.165) is 34.5 Å². The van der Waals surface area contributed by atoms with Gasteiger partial charge in [0.05, 0.1) is 15.4 Å². The number of carbonyl (C=O) groups excluding carboxylic acids is 1. The molecular formula is C25H18N4O5S. The van der Waals surface area contributed by atoms with Crippen LogP contribution in [0.2, 0.25) is 0 Å². The lowest BCUT2D eigenvalue weighted by Crippen LogP contribution is -2.12. The first kappa shape index (κ1) is 22.1. The van der Waals surface area contributed by atoms with Crippen molar-refractivity contribution in [2.45, 2.75) is 4.90 Å². The molecule has 1 aliphatic rings. The number of carbonyl (C=O) groups is 1. The van der Waals surface area contributed by atoms with Crippen LogP contribution in [0, 0.1) is 10.1 Å². The van der Waals surface area contributed by atoms with Crippen LogP contribution in [-0.4, -0.2) is 24.2 Å². The lowest BCUT2D eigenvalue weighted by molar-refractivity contribution is -0.384. The van der Waals surface area contributed by atoms with Gasteiger partial charge in [-0.05, 0) is 59.7 Å². The first-order valence-corrected chi connectivity index (χ1v) is 12.0. The van der Waals surface area contributed by atoms with E-state index in [1.165, 1.54) is 12.1 Å². The molecule has 0 spiro atoms. The Hall–Kier alpha value is -4.70. The fourth-order valence-electron chi connectivity index (χ4n) is 3.80. The molecule has 35 heavy (non-hydrogen) atoms. The van der Waals surface area contributed by atoms with Crippen molar-refractivity contribution in [2.75, 3.05) is 10.0 Å². The number of sulfonamides is 1. The van der Waals surface area contributed by atoms with Crippen molar-refractivity contribution >= 4 is 44.6 Å². The van der Waals surface area contributed by atoms with Gasteiger partial charge in [0.2, 0.25) is 0 Å². The number of non-ortho nitro benzene ring substituents is 1. The Morgan fingerprint density at radius 3 is 2.29 bits per heavy atom. The van der Waals surface area contributed by atoms with Gasteiger partial charge in [-0.15, -0.1) is 0 Å². The minimum atomic E-state index is -3.90. The van der Waals surface area contributed by atoms with Crippen LogP contribution in [0.25, 0.3) is 22.8 Å². The summed E-state index contributed by atoms with van der Waals surface area (Å²) in [6, 6.07) is 20.8. The number of nitro groups is 1. The number of nitro benzene ring substituents is 1. The van der Waals surface area contributed by atoms with Crippen molar-refractivity contribution < 1.29 is 18.1 Å². The highest BCUT2D eigenvalue weighted by Gasteiger charge is 2.24. The Bertz CT molecular complexity index is 1570. The molecule has 0 saturated carbocycles. The van der Waals surface area contributed by atoms with E-state index in [1.807, 2.05) is 30.3 Å². The highest BCUT2D eigenvalue weighted by molar-refractivity contribution is 7.92. The summed E-state index contributed by atoms with van der Waals surface area (Å²) in [6.45, 7) is 0. The predicted octanol–water partition coefficient (Wildman–Crippen LogP) is 4.88. The van der Waals surface area contributed by atoms with Gasteiger partial charge in [-0.25, -0.2) is 8.42 Å². The van der Waals surface area contributed by atoms with Crippen LogP contribution in [0.4, 0.5) is 17.1 Å². The fourth-order valence-corrected chi connectivity index (χ4v) is 4.86. The summed E-state index contributed by atoms with van der Waals surface area (Å²) in [5.41, 5.74) is 4.76. The molecule has 0 fully saturated rings. The molecule has 5 rings (SSSR count). The summed E-state index contributed by atoms with van der Waals surface area (Å²) >= 11 is 0. The molecule has 3 N–H and O–H groups in total. The molecule has 1 aromatic heterocycles. The molecule has 0 aliphatic carbocycles. The van der Waals surface area contributed by atoms with E-state index in [-0.39, 0.29) is 16.5 Å². The standard InChI is InChI=1S/C25H18N4O5S/c30-25-23(15-19-2-1-13-26-19)22-12-5-17(14-24(22)27-25)16-3-6-18(7-4-16)28-35(33,34)21-10-8-20(9-11-21)29(31)32/h1-15,26,28H,(H,27,30)/b23-15-. The van der Waals surface area contributed by atoms with Gasteiger partial charge < -0.3 is 10.3 Å². The first-order valence-electron chi connectivity index (χ1n) is 10.5. The highest BCUT2D eigenvalue weighted by atomic mass is 32.2. The van der Waals surface area contributed by atoms with E-state index >= 15 is 0 Å². The molecule has 0 bridgehead atoms. The van der Waals surface area contributed by atoms with Crippen LogP contribution in [0.5, 0.6) is 0 Å². The van der Waals surface area contributed by atoms with E-state index in [2.05, 4.69) is 15.0 Å². The Labute approximate surface area is 200 Å². The summed E-state index contributed by atoms with van der Waals surface area (Å²) in [7, 11) is -3.90. The van der Waals surface area contributed by atoms with Crippen LogP contribution in [0.1, 0.15) is 11.3 Å². The fraction of sp³-hybridized carbons (Fsp3) is 0. The zero-order valence-electron chi connectivity index (χ0n) is 18.1. The molecule has 174 valence electrons.